The summed E-state index contributed by atoms with van der Waals surface area (Å²) >= 11 is 0. The third kappa shape index (κ3) is 4.31. The zero-order valence-electron chi connectivity index (χ0n) is 13.5. The van der Waals surface area contributed by atoms with Crippen LogP contribution in [0.15, 0.2) is 6.07 Å². The van der Waals surface area contributed by atoms with Crippen molar-refractivity contribution >= 4 is 11.9 Å². The molecule has 0 unspecified atom stereocenters. The fraction of sp³-hybridized carbons (Fsp3) is 0.667. The van der Waals surface area contributed by atoms with E-state index in [-0.39, 0.29) is 24.2 Å². The Bertz CT molecular complexity index is 494. The van der Waals surface area contributed by atoms with E-state index in [1.807, 2.05) is 33.8 Å². The number of carbonyl (C=O) groups is 2. The van der Waals surface area contributed by atoms with E-state index in [1.54, 1.807) is 9.58 Å². The van der Waals surface area contributed by atoms with Crippen LogP contribution in [0, 0.1) is 0 Å². The molecule has 0 saturated carbocycles. The third-order valence-corrected chi connectivity index (χ3v) is 3.39. The van der Waals surface area contributed by atoms with Gasteiger partial charge in [0.1, 0.15) is 5.69 Å². The molecule has 0 aliphatic heterocycles. The standard InChI is InChI=1S/C15H25N3O3/c1-6-17(9-8-14(19)21-5)15(20)13-10-12(11(3)4)16-18(13)7-2/h10-11H,6-9H2,1-5H3. The van der Waals surface area contributed by atoms with Gasteiger partial charge >= 0.3 is 5.97 Å². The fourth-order valence-corrected chi connectivity index (χ4v) is 2.03. The Hall–Kier alpha value is -1.85. The second kappa shape index (κ2) is 7.81. The van der Waals surface area contributed by atoms with Gasteiger partial charge in [0.2, 0.25) is 0 Å². The SMILES string of the molecule is CCN(CCC(=O)OC)C(=O)c1cc(C(C)C)nn1CC. The predicted molar refractivity (Wildman–Crippen MR) is 80.2 cm³/mol. The van der Waals surface area contributed by atoms with Gasteiger partial charge in [-0.3, -0.25) is 14.3 Å². The number of hydrogen-bond acceptors (Lipinski definition) is 4. The van der Waals surface area contributed by atoms with Crippen LogP contribution in [0.4, 0.5) is 0 Å². The van der Waals surface area contributed by atoms with Gasteiger partial charge in [-0.2, -0.15) is 5.10 Å². The van der Waals surface area contributed by atoms with Crippen molar-refractivity contribution in [1.29, 1.82) is 0 Å². The minimum Gasteiger partial charge on any atom is -0.469 e. The zero-order valence-corrected chi connectivity index (χ0v) is 13.5. The second-order valence-corrected chi connectivity index (χ2v) is 5.14. The smallest absolute Gasteiger partial charge is 0.307 e. The number of nitrogens with zero attached hydrogens (tertiary/aromatic N) is 3. The highest BCUT2D eigenvalue weighted by atomic mass is 16.5. The molecule has 1 aromatic rings. The molecule has 118 valence electrons. The van der Waals surface area contributed by atoms with Crippen LogP contribution in [0.1, 0.15) is 56.2 Å². The number of carbonyl (C=O) groups excluding carboxylic acids is 2. The quantitative estimate of drug-likeness (QED) is 0.722. The van der Waals surface area contributed by atoms with Crippen molar-refractivity contribution in [2.24, 2.45) is 0 Å². The number of methoxy groups -OCH3 is 1. The van der Waals surface area contributed by atoms with E-state index in [9.17, 15) is 9.59 Å². The van der Waals surface area contributed by atoms with Gasteiger partial charge in [0.05, 0.1) is 19.2 Å². The maximum atomic E-state index is 12.6. The topological polar surface area (TPSA) is 64.4 Å². The molecule has 0 fully saturated rings. The summed E-state index contributed by atoms with van der Waals surface area (Å²) in [5, 5.41) is 4.45. The van der Waals surface area contributed by atoms with Crippen molar-refractivity contribution in [1.82, 2.24) is 14.7 Å². The van der Waals surface area contributed by atoms with E-state index in [0.717, 1.165) is 5.69 Å². The number of ether oxygens (including phenoxy) is 1. The molecular weight excluding hydrogens is 270 g/mol. The summed E-state index contributed by atoms with van der Waals surface area (Å²) < 4.78 is 6.34. The Morgan fingerprint density at radius 1 is 1.38 bits per heavy atom. The fourth-order valence-electron chi connectivity index (χ4n) is 2.03. The molecule has 1 rings (SSSR count). The number of amides is 1. The van der Waals surface area contributed by atoms with Crippen molar-refractivity contribution in [2.45, 2.75) is 46.6 Å². The van der Waals surface area contributed by atoms with Gasteiger partial charge in [0.25, 0.3) is 5.91 Å². The normalized spacial score (nSPS) is 10.8. The number of aromatic nitrogens is 2. The first-order chi connectivity index (χ1) is 9.94. The Morgan fingerprint density at radius 3 is 2.52 bits per heavy atom. The van der Waals surface area contributed by atoms with Crippen LogP contribution in [0.25, 0.3) is 0 Å². The summed E-state index contributed by atoms with van der Waals surface area (Å²) in [5.74, 6) is -0.134. The molecule has 0 saturated heterocycles. The van der Waals surface area contributed by atoms with Crippen molar-refractivity contribution in [2.75, 3.05) is 20.2 Å². The van der Waals surface area contributed by atoms with Crippen LogP contribution in [0.2, 0.25) is 0 Å². The molecule has 0 bridgehead atoms. The Balaban J connectivity index is 2.91. The number of hydrogen-bond donors (Lipinski definition) is 0. The number of esters is 1. The summed E-state index contributed by atoms with van der Waals surface area (Å²) in [5.41, 5.74) is 1.48. The summed E-state index contributed by atoms with van der Waals surface area (Å²) in [6, 6.07) is 1.84. The van der Waals surface area contributed by atoms with Gasteiger partial charge in [-0.15, -0.1) is 0 Å². The van der Waals surface area contributed by atoms with Crippen LogP contribution in [0.3, 0.4) is 0 Å². The van der Waals surface area contributed by atoms with Crippen molar-refractivity contribution in [3.63, 3.8) is 0 Å². The van der Waals surface area contributed by atoms with Crippen LogP contribution in [-0.2, 0) is 16.1 Å². The zero-order chi connectivity index (χ0) is 16.0. The molecule has 0 aliphatic carbocycles. The maximum Gasteiger partial charge on any atom is 0.307 e. The van der Waals surface area contributed by atoms with Gasteiger partial charge in [0, 0.05) is 19.6 Å². The average molecular weight is 295 g/mol. The first-order valence-corrected chi connectivity index (χ1v) is 7.38. The maximum absolute atomic E-state index is 12.6. The molecule has 1 aromatic heterocycles. The van der Waals surface area contributed by atoms with Gasteiger partial charge in [-0.05, 0) is 25.8 Å². The molecule has 1 heterocycles. The highest BCUT2D eigenvalue weighted by Crippen LogP contribution is 2.16. The first kappa shape index (κ1) is 17.2. The highest BCUT2D eigenvalue weighted by Gasteiger charge is 2.21. The molecule has 1 amide bonds. The van der Waals surface area contributed by atoms with E-state index < -0.39 is 0 Å². The van der Waals surface area contributed by atoms with Gasteiger partial charge in [-0.25, -0.2) is 0 Å². The van der Waals surface area contributed by atoms with Crippen molar-refractivity contribution < 1.29 is 14.3 Å². The molecule has 0 radical (unpaired) electrons. The summed E-state index contributed by atoms with van der Waals surface area (Å²) in [6.45, 7) is 9.48. The lowest BCUT2D eigenvalue weighted by Crippen LogP contribution is -2.34. The number of rotatable bonds is 7. The summed E-state index contributed by atoms with van der Waals surface area (Å²) in [6.07, 6.45) is 0.202. The van der Waals surface area contributed by atoms with Gasteiger partial charge < -0.3 is 9.64 Å². The van der Waals surface area contributed by atoms with Crippen LogP contribution in [0.5, 0.6) is 0 Å². The molecule has 6 nitrogen and oxygen atoms in total. The number of aryl methyl sites for hydroxylation is 1. The molecule has 0 aliphatic rings. The lowest BCUT2D eigenvalue weighted by molar-refractivity contribution is -0.140. The molecule has 0 spiro atoms. The molecule has 0 atom stereocenters. The van der Waals surface area contributed by atoms with Crippen molar-refractivity contribution in [3.8, 4) is 0 Å². The second-order valence-electron chi connectivity index (χ2n) is 5.14. The monoisotopic (exact) mass is 295 g/mol. The highest BCUT2D eigenvalue weighted by molar-refractivity contribution is 5.93. The van der Waals surface area contributed by atoms with Gasteiger partial charge in [-0.1, -0.05) is 13.8 Å². The molecule has 6 heteroatoms. The third-order valence-electron chi connectivity index (χ3n) is 3.39. The molecular formula is C15H25N3O3. The van der Waals surface area contributed by atoms with Gasteiger partial charge in [0.15, 0.2) is 0 Å². The Kier molecular flexibility index (Phi) is 6.39. The van der Waals surface area contributed by atoms with Crippen molar-refractivity contribution in [3.05, 3.63) is 17.5 Å². The largest absolute Gasteiger partial charge is 0.469 e. The van der Waals surface area contributed by atoms with E-state index >= 15 is 0 Å². The minimum absolute atomic E-state index is 0.0948. The lowest BCUT2D eigenvalue weighted by Gasteiger charge is -2.20. The van der Waals surface area contributed by atoms with Crippen LogP contribution in [-0.4, -0.2) is 46.8 Å². The molecule has 0 aromatic carbocycles. The summed E-state index contributed by atoms with van der Waals surface area (Å²) in [7, 11) is 1.35. The predicted octanol–water partition coefficient (Wildman–Crippen LogP) is 2.05. The van der Waals surface area contributed by atoms with Crippen LogP contribution < -0.4 is 0 Å². The Labute approximate surface area is 126 Å². The molecule has 21 heavy (non-hydrogen) atoms. The first-order valence-electron chi connectivity index (χ1n) is 7.38. The van der Waals surface area contributed by atoms with E-state index in [0.29, 0.717) is 25.3 Å². The molecule has 0 N–H and O–H groups in total. The Morgan fingerprint density at radius 2 is 2.05 bits per heavy atom. The van der Waals surface area contributed by atoms with E-state index in [2.05, 4.69) is 9.84 Å². The van der Waals surface area contributed by atoms with Crippen LogP contribution >= 0.6 is 0 Å². The van der Waals surface area contributed by atoms with E-state index in [4.69, 9.17) is 0 Å². The summed E-state index contributed by atoms with van der Waals surface area (Å²) in [4.78, 5) is 25.5. The average Bonchev–Trinajstić information content (AvgIpc) is 2.91. The lowest BCUT2D eigenvalue weighted by atomic mass is 10.1. The minimum atomic E-state index is -0.312. The van der Waals surface area contributed by atoms with E-state index in [1.165, 1.54) is 7.11 Å².